The minimum Gasteiger partial charge on any atom is -0.330 e. The van der Waals surface area contributed by atoms with E-state index >= 15 is 0 Å². The number of nitrogens with one attached hydrogen (secondary N) is 2. The fourth-order valence-corrected chi connectivity index (χ4v) is 2.17. The number of amides is 2. The molecule has 106 valence electrons. The van der Waals surface area contributed by atoms with Gasteiger partial charge in [0.1, 0.15) is 0 Å². The zero-order valence-corrected chi connectivity index (χ0v) is 12.2. The number of anilines is 1. The van der Waals surface area contributed by atoms with Gasteiger partial charge >= 0.3 is 6.03 Å². The van der Waals surface area contributed by atoms with Crippen molar-refractivity contribution in [2.45, 2.75) is 26.4 Å². The van der Waals surface area contributed by atoms with Crippen molar-refractivity contribution in [1.29, 1.82) is 0 Å². The third-order valence-corrected chi connectivity index (χ3v) is 3.16. The molecule has 0 aliphatic heterocycles. The number of rotatable bonds is 4. The molecule has 2 N–H and O–H groups in total. The molecule has 0 saturated carbocycles. The maximum atomic E-state index is 11.9. The molecule has 0 radical (unpaired) electrons. The third kappa shape index (κ3) is 3.51. The smallest absolute Gasteiger partial charge is 0.319 e. The fourth-order valence-electron chi connectivity index (χ4n) is 1.98. The normalized spacial score (nSPS) is 11.9. The van der Waals surface area contributed by atoms with Crippen molar-refractivity contribution in [2.75, 3.05) is 5.32 Å². The monoisotopic (exact) mass is 292 g/mol. The topological polar surface area (TPSA) is 59.0 Å². The third-order valence-electron chi connectivity index (χ3n) is 2.92. The first kappa shape index (κ1) is 14.4. The molecule has 5 nitrogen and oxygen atoms in total. The van der Waals surface area contributed by atoms with Crippen molar-refractivity contribution in [1.82, 2.24) is 15.1 Å². The summed E-state index contributed by atoms with van der Waals surface area (Å²) in [7, 11) is 0. The Hall–Kier alpha value is -2.01. The molecule has 2 aromatic rings. The van der Waals surface area contributed by atoms with Gasteiger partial charge in [-0.05, 0) is 38.1 Å². The summed E-state index contributed by atoms with van der Waals surface area (Å²) in [5.74, 6) is 0. The second kappa shape index (κ2) is 6.43. The molecule has 20 heavy (non-hydrogen) atoms. The zero-order chi connectivity index (χ0) is 14.5. The Balaban J connectivity index is 1.98. The summed E-state index contributed by atoms with van der Waals surface area (Å²) >= 11 is 5.87. The highest BCUT2D eigenvalue weighted by Crippen LogP contribution is 2.16. The SMILES string of the molecule is CCn1nccc1C(C)NC(=O)Nc1cccc(Cl)c1. The molecule has 0 aliphatic rings. The van der Waals surface area contributed by atoms with Crippen LogP contribution in [0.25, 0.3) is 0 Å². The van der Waals surface area contributed by atoms with Gasteiger partial charge in [-0.3, -0.25) is 4.68 Å². The van der Waals surface area contributed by atoms with E-state index in [4.69, 9.17) is 11.6 Å². The summed E-state index contributed by atoms with van der Waals surface area (Å²) in [6, 6.07) is 8.52. The van der Waals surface area contributed by atoms with E-state index in [0.29, 0.717) is 10.7 Å². The molecule has 1 aromatic heterocycles. The summed E-state index contributed by atoms with van der Waals surface area (Å²) in [6.45, 7) is 4.69. The lowest BCUT2D eigenvalue weighted by Gasteiger charge is -2.16. The number of carbonyl (C=O) groups excluding carboxylic acids is 1. The Morgan fingerprint density at radius 2 is 2.25 bits per heavy atom. The Bertz CT molecular complexity index is 596. The van der Waals surface area contributed by atoms with E-state index in [-0.39, 0.29) is 12.1 Å². The fraction of sp³-hybridized carbons (Fsp3) is 0.286. The van der Waals surface area contributed by atoms with Crippen LogP contribution in [-0.2, 0) is 6.54 Å². The van der Waals surface area contributed by atoms with E-state index in [1.807, 2.05) is 24.6 Å². The van der Waals surface area contributed by atoms with Gasteiger partial charge in [0.15, 0.2) is 0 Å². The number of aromatic nitrogens is 2. The van der Waals surface area contributed by atoms with Gasteiger partial charge in [0, 0.05) is 23.5 Å². The Kier molecular flexibility index (Phi) is 4.63. The van der Waals surface area contributed by atoms with Crippen LogP contribution in [0, 0.1) is 0 Å². The van der Waals surface area contributed by atoms with Crippen molar-refractivity contribution in [3.05, 3.63) is 47.2 Å². The second-order valence-corrected chi connectivity index (χ2v) is 4.84. The second-order valence-electron chi connectivity index (χ2n) is 4.40. The molecule has 0 fully saturated rings. The molecule has 2 amide bonds. The first-order valence-electron chi connectivity index (χ1n) is 6.45. The minimum absolute atomic E-state index is 0.128. The summed E-state index contributed by atoms with van der Waals surface area (Å²) in [4.78, 5) is 11.9. The summed E-state index contributed by atoms with van der Waals surface area (Å²) in [6.07, 6.45) is 1.73. The number of benzene rings is 1. The lowest BCUT2D eigenvalue weighted by atomic mass is 10.2. The van der Waals surface area contributed by atoms with E-state index in [9.17, 15) is 4.79 Å². The van der Waals surface area contributed by atoms with Crippen molar-refractivity contribution >= 4 is 23.3 Å². The average molecular weight is 293 g/mol. The summed E-state index contributed by atoms with van der Waals surface area (Å²) < 4.78 is 1.85. The quantitative estimate of drug-likeness (QED) is 0.907. The van der Waals surface area contributed by atoms with E-state index in [0.717, 1.165) is 12.2 Å². The van der Waals surface area contributed by atoms with Gasteiger partial charge in [0.25, 0.3) is 0 Å². The van der Waals surface area contributed by atoms with Crippen LogP contribution in [0.5, 0.6) is 0 Å². The molecule has 0 spiro atoms. The van der Waals surface area contributed by atoms with E-state index in [1.165, 1.54) is 0 Å². The Morgan fingerprint density at radius 1 is 1.45 bits per heavy atom. The summed E-state index contributed by atoms with van der Waals surface area (Å²) in [5.41, 5.74) is 1.62. The van der Waals surface area contributed by atoms with Gasteiger partial charge < -0.3 is 10.6 Å². The highest BCUT2D eigenvalue weighted by Gasteiger charge is 2.13. The lowest BCUT2D eigenvalue weighted by Crippen LogP contribution is -2.32. The number of hydrogen-bond donors (Lipinski definition) is 2. The molecular weight excluding hydrogens is 276 g/mol. The predicted octanol–water partition coefficient (Wildman–Crippen LogP) is 3.44. The first-order valence-corrected chi connectivity index (χ1v) is 6.82. The molecule has 1 atom stereocenters. The minimum atomic E-state index is -0.274. The van der Waals surface area contributed by atoms with Gasteiger partial charge in [-0.25, -0.2) is 4.79 Å². The van der Waals surface area contributed by atoms with Crippen LogP contribution in [0.15, 0.2) is 36.5 Å². The van der Waals surface area contributed by atoms with E-state index < -0.39 is 0 Å². The molecule has 0 saturated heterocycles. The lowest BCUT2D eigenvalue weighted by molar-refractivity contribution is 0.249. The van der Waals surface area contributed by atoms with Crippen LogP contribution in [0.1, 0.15) is 25.6 Å². The number of aryl methyl sites for hydroxylation is 1. The van der Waals surface area contributed by atoms with Crippen LogP contribution in [0.4, 0.5) is 10.5 Å². The highest BCUT2D eigenvalue weighted by atomic mass is 35.5. The first-order chi connectivity index (χ1) is 9.60. The highest BCUT2D eigenvalue weighted by molar-refractivity contribution is 6.30. The van der Waals surface area contributed by atoms with Gasteiger partial charge in [-0.1, -0.05) is 17.7 Å². The van der Waals surface area contributed by atoms with E-state index in [1.54, 1.807) is 30.5 Å². The molecule has 0 aliphatic carbocycles. The zero-order valence-electron chi connectivity index (χ0n) is 11.4. The number of hydrogen-bond acceptors (Lipinski definition) is 2. The average Bonchev–Trinajstić information content (AvgIpc) is 2.86. The van der Waals surface area contributed by atoms with Crippen LogP contribution >= 0.6 is 11.6 Å². The molecule has 6 heteroatoms. The van der Waals surface area contributed by atoms with Crippen molar-refractivity contribution < 1.29 is 4.79 Å². The van der Waals surface area contributed by atoms with Crippen LogP contribution < -0.4 is 10.6 Å². The number of nitrogens with zero attached hydrogens (tertiary/aromatic N) is 2. The predicted molar refractivity (Wildman–Crippen MR) is 79.9 cm³/mol. The van der Waals surface area contributed by atoms with Gasteiger partial charge in [0.05, 0.1) is 11.7 Å². The largest absolute Gasteiger partial charge is 0.330 e. The van der Waals surface area contributed by atoms with Crippen LogP contribution in [0.2, 0.25) is 5.02 Å². The van der Waals surface area contributed by atoms with Gasteiger partial charge in [0.2, 0.25) is 0 Å². The maximum absolute atomic E-state index is 11.9. The van der Waals surface area contributed by atoms with E-state index in [2.05, 4.69) is 15.7 Å². The van der Waals surface area contributed by atoms with Crippen LogP contribution in [-0.4, -0.2) is 15.8 Å². The van der Waals surface area contributed by atoms with Crippen molar-refractivity contribution in [3.8, 4) is 0 Å². The molecular formula is C14H17ClN4O. The van der Waals surface area contributed by atoms with Crippen molar-refractivity contribution in [2.24, 2.45) is 0 Å². The van der Waals surface area contributed by atoms with Crippen LogP contribution in [0.3, 0.4) is 0 Å². The van der Waals surface area contributed by atoms with Gasteiger partial charge in [-0.2, -0.15) is 5.10 Å². The molecule has 1 aromatic carbocycles. The number of urea groups is 1. The standard InChI is InChI=1S/C14H17ClN4O/c1-3-19-13(7-8-16-19)10(2)17-14(20)18-12-6-4-5-11(15)9-12/h4-10H,3H2,1-2H3,(H2,17,18,20). The molecule has 1 unspecified atom stereocenters. The Morgan fingerprint density at radius 3 is 2.95 bits per heavy atom. The van der Waals surface area contributed by atoms with Gasteiger partial charge in [-0.15, -0.1) is 0 Å². The molecule has 2 rings (SSSR count). The Labute approximate surface area is 122 Å². The maximum Gasteiger partial charge on any atom is 0.319 e. The van der Waals surface area contributed by atoms with Crippen molar-refractivity contribution in [3.63, 3.8) is 0 Å². The summed E-state index contributed by atoms with van der Waals surface area (Å²) in [5, 5.41) is 10.4. The molecule has 0 bridgehead atoms. The molecule has 1 heterocycles. The number of halogens is 1. The number of carbonyl (C=O) groups is 1.